The minimum atomic E-state index is -0.266. The lowest BCUT2D eigenvalue weighted by Gasteiger charge is -2.35. The molecular weight excluding hydrogens is 370 g/mol. The number of aromatic nitrogens is 4. The summed E-state index contributed by atoms with van der Waals surface area (Å²) in [5, 5.41) is 12.8. The van der Waals surface area contributed by atoms with Crippen LogP contribution in [0.4, 0.5) is 11.6 Å². The standard InChI is InChI=1S/C20H27N7O2/c1-16-6-9-24(10-7-16)17-4-5-18(23-22-17)25-11-13-26(14-12-25)20(29)15-27-19(28)3-2-8-21-27/h2-5,8,16H,6-7,9-15H2,1H3. The molecular formula is C20H27N7O2. The van der Waals surface area contributed by atoms with E-state index in [1.165, 1.54) is 29.8 Å². The van der Waals surface area contributed by atoms with Crippen molar-refractivity contribution in [2.45, 2.75) is 26.3 Å². The van der Waals surface area contributed by atoms with Gasteiger partial charge in [0.1, 0.15) is 6.54 Å². The Morgan fingerprint density at radius 3 is 2.17 bits per heavy atom. The van der Waals surface area contributed by atoms with Gasteiger partial charge in [-0.1, -0.05) is 6.92 Å². The third-order valence-corrected chi connectivity index (χ3v) is 5.77. The second-order valence-electron chi connectivity index (χ2n) is 7.81. The van der Waals surface area contributed by atoms with Crippen LogP contribution in [0.5, 0.6) is 0 Å². The van der Waals surface area contributed by atoms with E-state index in [-0.39, 0.29) is 18.0 Å². The van der Waals surface area contributed by atoms with Gasteiger partial charge in [0, 0.05) is 51.5 Å². The third kappa shape index (κ3) is 4.55. The number of piperazine rings is 1. The summed E-state index contributed by atoms with van der Waals surface area (Å²) in [5.41, 5.74) is -0.266. The van der Waals surface area contributed by atoms with E-state index >= 15 is 0 Å². The summed E-state index contributed by atoms with van der Waals surface area (Å²) in [4.78, 5) is 30.4. The fraction of sp³-hybridized carbons (Fsp3) is 0.550. The summed E-state index contributed by atoms with van der Waals surface area (Å²) >= 11 is 0. The zero-order chi connectivity index (χ0) is 20.2. The van der Waals surface area contributed by atoms with Crippen molar-refractivity contribution < 1.29 is 4.79 Å². The zero-order valence-corrected chi connectivity index (χ0v) is 16.8. The molecule has 2 aromatic rings. The van der Waals surface area contributed by atoms with Crippen LogP contribution in [-0.4, -0.2) is 70.1 Å². The van der Waals surface area contributed by atoms with Gasteiger partial charge >= 0.3 is 0 Å². The molecule has 1 amide bonds. The van der Waals surface area contributed by atoms with E-state index in [1.807, 2.05) is 12.1 Å². The Hall–Kier alpha value is -2.97. The summed E-state index contributed by atoms with van der Waals surface area (Å²) < 4.78 is 1.19. The van der Waals surface area contributed by atoms with E-state index in [0.29, 0.717) is 26.2 Å². The van der Waals surface area contributed by atoms with Gasteiger partial charge in [-0.15, -0.1) is 10.2 Å². The number of carbonyl (C=O) groups excluding carboxylic acids is 1. The smallest absolute Gasteiger partial charge is 0.267 e. The van der Waals surface area contributed by atoms with E-state index in [4.69, 9.17) is 0 Å². The SMILES string of the molecule is CC1CCN(c2ccc(N3CCN(C(=O)Cn4ncccc4=O)CC3)nn2)CC1. The molecule has 0 aromatic carbocycles. The maximum absolute atomic E-state index is 12.5. The van der Waals surface area contributed by atoms with Crippen molar-refractivity contribution in [2.24, 2.45) is 5.92 Å². The molecule has 2 fully saturated rings. The van der Waals surface area contributed by atoms with Crippen LogP contribution < -0.4 is 15.4 Å². The first-order valence-corrected chi connectivity index (χ1v) is 10.2. The van der Waals surface area contributed by atoms with Gasteiger partial charge in [0.15, 0.2) is 11.6 Å². The number of rotatable bonds is 4. The van der Waals surface area contributed by atoms with Crippen LogP contribution in [0.3, 0.4) is 0 Å². The second-order valence-corrected chi connectivity index (χ2v) is 7.81. The minimum absolute atomic E-state index is 0.0252. The second kappa shape index (κ2) is 8.59. The zero-order valence-electron chi connectivity index (χ0n) is 16.8. The average Bonchev–Trinajstić information content (AvgIpc) is 2.76. The van der Waals surface area contributed by atoms with Gasteiger partial charge in [0.2, 0.25) is 5.91 Å². The summed E-state index contributed by atoms with van der Waals surface area (Å²) in [5.74, 6) is 2.47. The summed E-state index contributed by atoms with van der Waals surface area (Å²) in [6, 6.07) is 7.04. The van der Waals surface area contributed by atoms with Crippen LogP contribution in [0.25, 0.3) is 0 Å². The average molecular weight is 397 g/mol. The van der Waals surface area contributed by atoms with Crippen molar-refractivity contribution in [3.63, 3.8) is 0 Å². The van der Waals surface area contributed by atoms with Gasteiger partial charge < -0.3 is 14.7 Å². The Bertz CT molecular complexity index is 882. The first-order chi connectivity index (χ1) is 14.1. The van der Waals surface area contributed by atoms with Gasteiger partial charge in [0.05, 0.1) is 0 Å². The monoisotopic (exact) mass is 397 g/mol. The minimum Gasteiger partial charge on any atom is -0.355 e. The fourth-order valence-corrected chi connectivity index (χ4v) is 3.81. The van der Waals surface area contributed by atoms with E-state index in [1.54, 1.807) is 11.0 Å². The first-order valence-electron chi connectivity index (χ1n) is 10.2. The molecule has 2 aliphatic heterocycles. The normalized spacial score (nSPS) is 18.2. The molecule has 0 N–H and O–H groups in total. The molecule has 0 radical (unpaired) electrons. The van der Waals surface area contributed by atoms with Crippen LogP contribution in [0.1, 0.15) is 19.8 Å². The number of piperidine rings is 1. The molecule has 4 heterocycles. The van der Waals surface area contributed by atoms with Crippen molar-refractivity contribution in [1.29, 1.82) is 0 Å². The maximum atomic E-state index is 12.5. The summed E-state index contributed by atoms with van der Waals surface area (Å²) in [6.45, 7) is 6.91. The predicted molar refractivity (Wildman–Crippen MR) is 110 cm³/mol. The lowest BCUT2D eigenvalue weighted by atomic mass is 9.99. The molecule has 0 saturated carbocycles. The van der Waals surface area contributed by atoms with Crippen LogP contribution in [-0.2, 0) is 11.3 Å². The molecule has 0 bridgehead atoms. The van der Waals surface area contributed by atoms with Gasteiger partial charge in [0.25, 0.3) is 5.56 Å². The Balaban J connectivity index is 1.30. The highest BCUT2D eigenvalue weighted by Gasteiger charge is 2.23. The molecule has 2 aromatic heterocycles. The summed E-state index contributed by atoms with van der Waals surface area (Å²) in [7, 11) is 0. The Labute approximate surface area is 169 Å². The molecule has 0 unspecified atom stereocenters. The number of amides is 1. The lowest BCUT2D eigenvalue weighted by molar-refractivity contribution is -0.132. The highest BCUT2D eigenvalue weighted by atomic mass is 16.2. The molecule has 9 heteroatoms. The molecule has 9 nitrogen and oxygen atoms in total. The Morgan fingerprint density at radius 2 is 1.59 bits per heavy atom. The van der Waals surface area contributed by atoms with Crippen LogP contribution in [0.2, 0.25) is 0 Å². The summed E-state index contributed by atoms with van der Waals surface area (Å²) in [6.07, 6.45) is 3.91. The van der Waals surface area contributed by atoms with Crippen molar-refractivity contribution in [3.8, 4) is 0 Å². The third-order valence-electron chi connectivity index (χ3n) is 5.77. The molecule has 0 aliphatic carbocycles. The van der Waals surface area contributed by atoms with Crippen LogP contribution in [0.15, 0.2) is 35.3 Å². The number of anilines is 2. The van der Waals surface area contributed by atoms with Crippen molar-refractivity contribution in [1.82, 2.24) is 24.9 Å². The van der Waals surface area contributed by atoms with E-state index in [2.05, 4.69) is 32.0 Å². The Kier molecular flexibility index (Phi) is 5.73. The largest absolute Gasteiger partial charge is 0.355 e. The highest BCUT2D eigenvalue weighted by molar-refractivity contribution is 5.76. The number of hydrogen-bond donors (Lipinski definition) is 0. The Morgan fingerprint density at radius 1 is 0.966 bits per heavy atom. The molecule has 4 rings (SSSR count). The van der Waals surface area contributed by atoms with Gasteiger partial charge in [-0.3, -0.25) is 9.59 Å². The molecule has 2 aliphatic rings. The fourth-order valence-electron chi connectivity index (χ4n) is 3.81. The van der Waals surface area contributed by atoms with E-state index < -0.39 is 0 Å². The molecule has 2 saturated heterocycles. The van der Waals surface area contributed by atoms with Crippen molar-refractivity contribution in [2.75, 3.05) is 49.1 Å². The molecule has 154 valence electrons. The van der Waals surface area contributed by atoms with Crippen LogP contribution >= 0.6 is 0 Å². The maximum Gasteiger partial charge on any atom is 0.267 e. The molecule has 0 spiro atoms. The first kappa shape index (κ1) is 19.4. The van der Waals surface area contributed by atoms with Gasteiger partial charge in [-0.25, -0.2) is 4.68 Å². The van der Waals surface area contributed by atoms with Crippen LogP contribution in [0, 0.1) is 5.92 Å². The van der Waals surface area contributed by atoms with Crippen molar-refractivity contribution >= 4 is 17.5 Å². The van der Waals surface area contributed by atoms with Crippen molar-refractivity contribution in [3.05, 3.63) is 40.8 Å². The van der Waals surface area contributed by atoms with E-state index in [0.717, 1.165) is 30.6 Å². The van der Waals surface area contributed by atoms with Gasteiger partial charge in [-0.2, -0.15) is 5.10 Å². The quantitative estimate of drug-likeness (QED) is 0.747. The topological polar surface area (TPSA) is 87.5 Å². The van der Waals surface area contributed by atoms with E-state index in [9.17, 15) is 9.59 Å². The molecule has 0 atom stereocenters. The van der Waals surface area contributed by atoms with Gasteiger partial charge in [-0.05, 0) is 37.0 Å². The number of carbonyl (C=O) groups is 1. The number of hydrogen-bond acceptors (Lipinski definition) is 7. The lowest BCUT2D eigenvalue weighted by Crippen LogP contribution is -2.50. The number of nitrogens with zero attached hydrogens (tertiary/aromatic N) is 7. The molecule has 29 heavy (non-hydrogen) atoms. The predicted octanol–water partition coefficient (Wildman–Crippen LogP) is 0.618. The highest BCUT2D eigenvalue weighted by Crippen LogP contribution is 2.22.